The van der Waals surface area contributed by atoms with E-state index in [2.05, 4.69) is 40.3 Å². The molecule has 3 rings (SSSR count). The van der Waals surface area contributed by atoms with Gasteiger partial charge >= 0.3 is 0 Å². The van der Waals surface area contributed by atoms with Crippen molar-refractivity contribution in [1.82, 2.24) is 9.88 Å². The van der Waals surface area contributed by atoms with Gasteiger partial charge in [0.1, 0.15) is 0 Å². The highest BCUT2D eigenvalue weighted by atomic mass is 32.1. The second-order valence-corrected chi connectivity index (χ2v) is 6.04. The van der Waals surface area contributed by atoms with Gasteiger partial charge in [0.05, 0.1) is 0 Å². The number of aryl methyl sites for hydroxylation is 1. The van der Waals surface area contributed by atoms with Crippen LogP contribution in [0, 0.1) is 0 Å². The summed E-state index contributed by atoms with van der Waals surface area (Å²) in [6, 6.07) is 14.4. The molecule has 0 unspecified atom stereocenters. The molecular weight excluding hydrogens is 292 g/mol. The number of nitrogens with zero attached hydrogens (tertiary/aromatic N) is 1. The molecule has 1 amide bonds. The molecule has 0 saturated carbocycles. The Bertz CT molecular complexity index is 771. The van der Waals surface area contributed by atoms with Crippen LogP contribution < -0.4 is 5.32 Å². The standard InChI is InChI=1S/C18H18N2OS/c21-18(9-8-16-6-3-14-22-16)19-11-4-12-20-13-10-15-5-1-2-7-17(15)20/h1-3,5-10,13-14H,4,11-12H2,(H,19,21)/b9-8+. The molecule has 0 fully saturated rings. The second kappa shape index (κ2) is 7.09. The Balaban J connectivity index is 1.44. The summed E-state index contributed by atoms with van der Waals surface area (Å²) in [6.45, 7) is 1.59. The van der Waals surface area contributed by atoms with Crippen LogP contribution in [0.2, 0.25) is 0 Å². The van der Waals surface area contributed by atoms with E-state index in [4.69, 9.17) is 0 Å². The van der Waals surface area contributed by atoms with Gasteiger partial charge in [0.25, 0.3) is 0 Å². The van der Waals surface area contributed by atoms with Crippen molar-refractivity contribution in [2.75, 3.05) is 6.54 Å². The number of carbonyl (C=O) groups is 1. The summed E-state index contributed by atoms with van der Waals surface area (Å²) in [7, 11) is 0. The first kappa shape index (κ1) is 14.6. The van der Waals surface area contributed by atoms with Crippen LogP contribution in [0.4, 0.5) is 0 Å². The molecule has 3 nitrogen and oxygen atoms in total. The third kappa shape index (κ3) is 3.65. The van der Waals surface area contributed by atoms with Crippen LogP contribution in [-0.2, 0) is 11.3 Å². The Morgan fingerprint density at radius 1 is 1.18 bits per heavy atom. The number of aromatic nitrogens is 1. The summed E-state index contributed by atoms with van der Waals surface area (Å²) in [6.07, 6.45) is 6.46. The smallest absolute Gasteiger partial charge is 0.244 e. The molecule has 0 aliphatic carbocycles. The normalized spacial score (nSPS) is 11.3. The molecule has 1 aromatic carbocycles. The van der Waals surface area contributed by atoms with Crippen molar-refractivity contribution in [2.24, 2.45) is 0 Å². The van der Waals surface area contributed by atoms with Crippen LogP contribution in [0.5, 0.6) is 0 Å². The van der Waals surface area contributed by atoms with Crippen LogP contribution in [0.15, 0.2) is 60.1 Å². The van der Waals surface area contributed by atoms with Crippen molar-refractivity contribution < 1.29 is 4.79 Å². The van der Waals surface area contributed by atoms with Gasteiger partial charge in [0, 0.05) is 35.8 Å². The summed E-state index contributed by atoms with van der Waals surface area (Å²) < 4.78 is 2.23. The highest BCUT2D eigenvalue weighted by molar-refractivity contribution is 7.10. The van der Waals surface area contributed by atoms with Gasteiger partial charge in [0.2, 0.25) is 5.91 Å². The third-order valence-corrected chi connectivity index (χ3v) is 4.33. The number of para-hydroxylation sites is 1. The number of benzene rings is 1. The van der Waals surface area contributed by atoms with Crippen molar-refractivity contribution in [1.29, 1.82) is 0 Å². The Morgan fingerprint density at radius 3 is 2.95 bits per heavy atom. The molecular formula is C18H18N2OS. The lowest BCUT2D eigenvalue weighted by molar-refractivity contribution is -0.116. The first-order valence-corrected chi connectivity index (χ1v) is 8.24. The van der Waals surface area contributed by atoms with Crippen LogP contribution >= 0.6 is 11.3 Å². The number of nitrogens with one attached hydrogen (secondary N) is 1. The lowest BCUT2D eigenvalue weighted by atomic mass is 10.2. The molecule has 0 spiro atoms. The highest BCUT2D eigenvalue weighted by Gasteiger charge is 2.00. The largest absolute Gasteiger partial charge is 0.352 e. The molecule has 4 heteroatoms. The maximum Gasteiger partial charge on any atom is 0.244 e. The number of carbonyl (C=O) groups excluding carboxylic acids is 1. The summed E-state index contributed by atoms with van der Waals surface area (Å²) in [5.41, 5.74) is 1.24. The molecule has 0 saturated heterocycles. The first-order valence-electron chi connectivity index (χ1n) is 7.36. The molecule has 2 heterocycles. The van der Waals surface area contributed by atoms with Crippen LogP contribution in [0.25, 0.3) is 17.0 Å². The molecule has 0 aliphatic rings. The minimum Gasteiger partial charge on any atom is -0.352 e. The third-order valence-electron chi connectivity index (χ3n) is 3.50. The number of thiophene rings is 1. The maximum absolute atomic E-state index is 11.7. The summed E-state index contributed by atoms with van der Waals surface area (Å²) in [5.74, 6) is -0.0363. The van der Waals surface area contributed by atoms with Crippen LogP contribution in [-0.4, -0.2) is 17.0 Å². The van der Waals surface area contributed by atoms with Gasteiger partial charge in [-0.2, -0.15) is 0 Å². The van der Waals surface area contributed by atoms with Crippen LogP contribution in [0.3, 0.4) is 0 Å². The Morgan fingerprint density at radius 2 is 2.09 bits per heavy atom. The summed E-state index contributed by atoms with van der Waals surface area (Å²) in [4.78, 5) is 12.8. The molecule has 0 atom stereocenters. The molecule has 2 aromatic heterocycles. The number of rotatable bonds is 6. The maximum atomic E-state index is 11.7. The number of hydrogen-bond donors (Lipinski definition) is 1. The fraction of sp³-hybridized carbons (Fsp3) is 0.167. The molecule has 3 aromatic rings. The fourth-order valence-electron chi connectivity index (χ4n) is 2.40. The lowest BCUT2D eigenvalue weighted by Gasteiger charge is -2.06. The zero-order chi connectivity index (χ0) is 15.2. The Hall–Kier alpha value is -2.33. The van der Waals surface area contributed by atoms with Crippen molar-refractivity contribution in [3.8, 4) is 0 Å². The number of amides is 1. The van der Waals surface area contributed by atoms with Gasteiger partial charge in [-0.25, -0.2) is 0 Å². The molecule has 0 aliphatic heterocycles. The van der Waals surface area contributed by atoms with Gasteiger partial charge in [0.15, 0.2) is 0 Å². The Labute approximate surface area is 133 Å². The van der Waals surface area contributed by atoms with E-state index in [1.807, 2.05) is 29.7 Å². The zero-order valence-corrected chi connectivity index (χ0v) is 13.1. The SMILES string of the molecule is O=C(/C=C/c1cccs1)NCCCn1ccc2ccccc21. The topological polar surface area (TPSA) is 34.0 Å². The number of hydrogen-bond acceptors (Lipinski definition) is 2. The van der Waals surface area contributed by atoms with E-state index in [1.165, 1.54) is 10.9 Å². The van der Waals surface area contributed by atoms with Gasteiger partial charge in [-0.15, -0.1) is 11.3 Å². The van der Waals surface area contributed by atoms with E-state index in [1.54, 1.807) is 17.4 Å². The molecule has 0 radical (unpaired) electrons. The van der Waals surface area contributed by atoms with E-state index in [0.717, 1.165) is 17.8 Å². The van der Waals surface area contributed by atoms with Crippen molar-refractivity contribution in [2.45, 2.75) is 13.0 Å². The zero-order valence-electron chi connectivity index (χ0n) is 12.2. The average Bonchev–Trinajstić information content (AvgIpc) is 3.19. The first-order chi connectivity index (χ1) is 10.8. The van der Waals surface area contributed by atoms with E-state index in [-0.39, 0.29) is 5.91 Å². The minimum absolute atomic E-state index is 0.0363. The summed E-state index contributed by atoms with van der Waals surface area (Å²) >= 11 is 1.62. The molecule has 1 N–H and O–H groups in total. The molecule has 22 heavy (non-hydrogen) atoms. The molecule has 112 valence electrons. The monoisotopic (exact) mass is 310 g/mol. The van der Waals surface area contributed by atoms with Gasteiger partial charge < -0.3 is 9.88 Å². The van der Waals surface area contributed by atoms with Gasteiger partial charge in [-0.1, -0.05) is 24.3 Å². The quantitative estimate of drug-likeness (QED) is 0.543. The fourth-order valence-corrected chi connectivity index (χ4v) is 3.02. The Kier molecular flexibility index (Phi) is 4.71. The van der Waals surface area contributed by atoms with E-state index in [9.17, 15) is 4.79 Å². The van der Waals surface area contributed by atoms with E-state index < -0.39 is 0 Å². The van der Waals surface area contributed by atoms with Crippen LogP contribution in [0.1, 0.15) is 11.3 Å². The van der Waals surface area contributed by atoms with E-state index in [0.29, 0.717) is 6.54 Å². The highest BCUT2D eigenvalue weighted by Crippen LogP contribution is 2.15. The lowest BCUT2D eigenvalue weighted by Crippen LogP contribution is -2.23. The number of fused-ring (bicyclic) bond motifs is 1. The second-order valence-electron chi connectivity index (χ2n) is 5.06. The minimum atomic E-state index is -0.0363. The van der Waals surface area contributed by atoms with Gasteiger partial charge in [-0.3, -0.25) is 4.79 Å². The average molecular weight is 310 g/mol. The summed E-state index contributed by atoms with van der Waals surface area (Å²) in [5, 5.41) is 6.18. The molecule has 0 bridgehead atoms. The van der Waals surface area contributed by atoms with Crippen molar-refractivity contribution >= 4 is 34.2 Å². The van der Waals surface area contributed by atoms with Gasteiger partial charge in [-0.05, 0) is 41.5 Å². The van der Waals surface area contributed by atoms with Crippen molar-refractivity contribution in [3.05, 3.63) is 65.0 Å². The van der Waals surface area contributed by atoms with E-state index >= 15 is 0 Å². The van der Waals surface area contributed by atoms with Crippen molar-refractivity contribution in [3.63, 3.8) is 0 Å². The predicted octanol–water partition coefficient (Wildman–Crippen LogP) is 3.92. The predicted molar refractivity (Wildman–Crippen MR) is 92.9 cm³/mol.